The van der Waals surface area contributed by atoms with Crippen LogP contribution in [-0.4, -0.2) is 47.1 Å². The average Bonchev–Trinajstić information content (AvgIpc) is 2.54. The summed E-state index contributed by atoms with van der Waals surface area (Å²) in [5.74, 6) is -0.813. The number of piperidine rings is 1. The number of rotatable bonds is 3. The van der Waals surface area contributed by atoms with E-state index < -0.39 is 11.4 Å². The van der Waals surface area contributed by atoms with Gasteiger partial charge in [0, 0.05) is 26.3 Å². The van der Waals surface area contributed by atoms with E-state index in [-0.39, 0.29) is 12.6 Å². The molecule has 1 atom stereocenters. The van der Waals surface area contributed by atoms with Gasteiger partial charge in [-0.15, -0.1) is 0 Å². The molecule has 1 aromatic rings. The summed E-state index contributed by atoms with van der Waals surface area (Å²) in [7, 11) is 1.68. The van der Waals surface area contributed by atoms with Crippen molar-refractivity contribution in [3.63, 3.8) is 0 Å². The summed E-state index contributed by atoms with van der Waals surface area (Å²) in [5, 5.41) is 9.48. The standard InChI is InChI=1S/C15H21N3O3/c1-3-15(13(19)20)7-5-9-18(11-15)14(21)17(2)12-6-4-8-16-10-12/h4,6,8,10H,3,5,7,9,11H2,1-2H3,(H,19,20). The second-order valence-corrected chi connectivity index (χ2v) is 5.52. The van der Waals surface area contributed by atoms with Crippen LogP contribution in [0.25, 0.3) is 0 Å². The summed E-state index contributed by atoms with van der Waals surface area (Å²) < 4.78 is 0. The van der Waals surface area contributed by atoms with E-state index in [0.717, 1.165) is 0 Å². The highest BCUT2D eigenvalue weighted by Crippen LogP contribution is 2.34. The average molecular weight is 291 g/mol. The molecule has 2 heterocycles. The van der Waals surface area contributed by atoms with Gasteiger partial charge in [-0.2, -0.15) is 0 Å². The number of likely N-dealkylation sites (tertiary alicyclic amines) is 1. The van der Waals surface area contributed by atoms with E-state index in [9.17, 15) is 14.7 Å². The van der Waals surface area contributed by atoms with Crippen molar-refractivity contribution < 1.29 is 14.7 Å². The molecule has 1 aromatic heterocycles. The molecule has 0 radical (unpaired) electrons. The molecule has 1 N–H and O–H groups in total. The molecule has 0 saturated carbocycles. The van der Waals surface area contributed by atoms with E-state index in [4.69, 9.17) is 0 Å². The van der Waals surface area contributed by atoms with Crippen LogP contribution in [0, 0.1) is 5.41 Å². The monoisotopic (exact) mass is 291 g/mol. The van der Waals surface area contributed by atoms with Crippen molar-refractivity contribution in [2.75, 3.05) is 25.0 Å². The maximum Gasteiger partial charge on any atom is 0.324 e. The molecular weight excluding hydrogens is 270 g/mol. The Morgan fingerprint density at radius 1 is 1.52 bits per heavy atom. The van der Waals surface area contributed by atoms with Gasteiger partial charge in [-0.1, -0.05) is 6.92 Å². The lowest BCUT2D eigenvalue weighted by Gasteiger charge is -2.40. The number of carboxylic acid groups (broad SMARTS) is 1. The van der Waals surface area contributed by atoms with E-state index in [1.807, 2.05) is 6.92 Å². The molecule has 1 aliphatic heterocycles. The van der Waals surface area contributed by atoms with Crippen LogP contribution in [-0.2, 0) is 4.79 Å². The third-order valence-corrected chi connectivity index (χ3v) is 4.30. The van der Waals surface area contributed by atoms with Crippen molar-refractivity contribution in [1.82, 2.24) is 9.88 Å². The fourth-order valence-electron chi connectivity index (χ4n) is 2.78. The number of urea groups is 1. The number of nitrogens with zero attached hydrogens (tertiary/aromatic N) is 3. The number of pyridine rings is 1. The number of carbonyl (C=O) groups excluding carboxylic acids is 1. The molecule has 1 saturated heterocycles. The van der Waals surface area contributed by atoms with Gasteiger partial charge < -0.3 is 10.0 Å². The maximum absolute atomic E-state index is 12.6. The maximum atomic E-state index is 12.6. The number of aliphatic carboxylic acids is 1. The number of anilines is 1. The van der Waals surface area contributed by atoms with Gasteiger partial charge in [0.05, 0.1) is 17.3 Å². The minimum atomic E-state index is -0.816. The Morgan fingerprint density at radius 3 is 2.86 bits per heavy atom. The Labute approximate surface area is 124 Å². The smallest absolute Gasteiger partial charge is 0.324 e. The van der Waals surface area contributed by atoms with Crippen molar-refractivity contribution >= 4 is 17.7 Å². The number of carboxylic acids is 1. The van der Waals surface area contributed by atoms with Gasteiger partial charge in [-0.3, -0.25) is 14.7 Å². The van der Waals surface area contributed by atoms with Gasteiger partial charge in [-0.05, 0) is 31.4 Å². The van der Waals surface area contributed by atoms with Crippen LogP contribution in [0.4, 0.5) is 10.5 Å². The molecule has 0 bridgehead atoms. The number of carbonyl (C=O) groups is 2. The zero-order valence-corrected chi connectivity index (χ0v) is 12.5. The predicted molar refractivity (Wildman–Crippen MR) is 79.2 cm³/mol. The van der Waals surface area contributed by atoms with Crippen LogP contribution in [0.15, 0.2) is 24.5 Å². The van der Waals surface area contributed by atoms with Gasteiger partial charge in [0.1, 0.15) is 0 Å². The van der Waals surface area contributed by atoms with E-state index in [1.165, 1.54) is 4.90 Å². The fraction of sp³-hybridized carbons (Fsp3) is 0.533. The first-order valence-electron chi connectivity index (χ1n) is 7.16. The molecule has 21 heavy (non-hydrogen) atoms. The summed E-state index contributed by atoms with van der Waals surface area (Å²) in [4.78, 5) is 31.3. The lowest BCUT2D eigenvalue weighted by molar-refractivity contribution is -0.152. The molecule has 114 valence electrons. The summed E-state index contributed by atoms with van der Waals surface area (Å²) in [6.45, 7) is 2.73. The van der Waals surface area contributed by atoms with Crippen LogP contribution in [0.3, 0.4) is 0 Å². The second-order valence-electron chi connectivity index (χ2n) is 5.52. The van der Waals surface area contributed by atoms with Crippen LogP contribution in [0.1, 0.15) is 26.2 Å². The predicted octanol–water partition coefficient (Wildman–Crippen LogP) is 2.21. The first-order chi connectivity index (χ1) is 10.00. The zero-order valence-electron chi connectivity index (χ0n) is 12.5. The first kappa shape index (κ1) is 15.3. The largest absolute Gasteiger partial charge is 0.481 e. The summed E-state index contributed by atoms with van der Waals surface area (Å²) in [6, 6.07) is 3.39. The summed E-state index contributed by atoms with van der Waals surface area (Å²) in [6.07, 6.45) is 5.13. The van der Waals surface area contributed by atoms with Crippen molar-refractivity contribution in [3.8, 4) is 0 Å². The topological polar surface area (TPSA) is 73.7 Å². The lowest BCUT2D eigenvalue weighted by atomic mass is 9.78. The van der Waals surface area contributed by atoms with Crippen LogP contribution >= 0.6 is 0 Å². The van der Waals surface area contributed by atoms with Crippen LogP contribution in [0.2, 0.25) is 0 Å². The lowest BCUT2D eigenvalue weighted by Crippen LogP contribution is -2.52. The molecule has 1 unspecified atom stereocenters. The molecular formula is C15H21N3O3. The highest BCUT2D eigenvalue weighted by Gasteiger charge is 2.42. The summed E-state index contributed by atoms with van der Waals surface area (Å²) in [5.41, 5.74) is -0.116. The number of hydrogen-bond donors (Lipinski definition) is 1. The SMILES string of the molecule is CCC1(C(=O)O)CCCN(C(=O)N(C)c2cccnc2)C1. The van der Waals surface area contributed by atoms with Gasteiger partial charge in [0.15, 0.2) is 0 Å². The zero-order chi connectivity index (χ0) is 15.5. The Hall–Kier alpha value is -2.11. The molecule has 6 nitrogen and oxygen atoms in total. The normalized spacial score (nSPS) is 21.9. The van der Waals surface area contributed by atoms with E-state index in [1.54, 1.807) is 36.5 Å². The molecule has 0 spiro atoms. The van der Waals surface area contributed by atoms with Gasteiger partial charge >= 0.3 is 12.0 Å². The first-order valence-corrected chi connectivity index (χ1v) is 7.16. The quantitative estimate of drug-likeness (QED) is 0.926. The van der Waals surface area contributed by atoms with Gasteiger partial charge in [0.2, 0.25) is 0 Å². The molecule has 2 rings (SSSR count). The van der Waals surface area contributed by atoms with Crippen molar-refractivity contribution in [1.29, 1.82) is 0 Å². The Bertz CT molecular complexity index is 520. The van der Waals surface area contributed by atoms with Crippen LogP contribution < -0.4 is 4.90 Å². The number of aromatic nitrogens is 1. The van der Waals surface area contributed by atoms with E-state index in [2.05, 4.69) is 4.98 Å². The molecule has 2 amide bonds. The Balaban J connectivity index is 2.14. The van der Waals surface area contributed by atoms with E-state index >= 15 is 0 Å². The van der Waals surface area contributed by atoms with Crippen molar-refractivity contribution in [2.24, 2.45) is 5.41 Å². The highest BCUT2D eigenvalue weighted by molar-refractivity contribution is 5.91. The Morgan fingerprint density at radius 2 is 2.29 bits per heavy atom. The molecule has 1 fully saturated rings. The van der Waals surface area contributed by atoms with E-state index in [0.29, 0.717) is 31.5 Å². The van der Waals surface area contributed by atoms with Gasteiger partial charge in [0.25, 0.3) is 0 Å². The number of amides is 2. The second kappa shape index (κ2) is 6.11. The summed E-state index contributed by atoms with van der Waals surface area (Å²) >= 11 is 0. The molecule has 1 aliphatic rings. The van der Waals surface area contributed by atoms with Crippen molar-refractivity contribution in [2.45, 2.75) is 26.2 Å². The third-order valence-electron chi connectivity index (χ3n) is 4.30. The highest BCUT2D eigenvalue weighted by atomic mass is 16.4. The minimum absolute atomic E-state index is 0.179. The third kappa shape index (κ3) is 2.99. The Kier molecular flexibility index (Phi) is 4.45. The van der Waals surface area contributed by atoms with Gasteiger partial charge in [-0.25, -0.2) is 4.79 Å². The molecule has 6 heteroatoms. The van der Waals surface area contributed by atoms with Crippen molar-refractivity contribution in [3.05, 3.63) is 24.5 Å². The fourth-order valence-corrected chi connectivity index (χ4v) is 2.78. The molecule has 0 aromatic carbocycles. The minimum Gasteiger partial charge on any atom is -0.481 e. The van der Waals surface area contributed by atoms with Crippen LogP contribution in [0.5, 0.6) is 0 Å². The number of hydrogen-bond acceptors (Lipinski definition) is 3. The molecule has 0 aliphatic carbocycles.